The van der Waals surface area contributed by atoms with Crippen molar-refractivity contribution >= 4 is 11.7 Å². The van der Waals surface area contributed by atoms with Gasteiger partial charge in [0.25, 0.3) is 0 Å². The number of para-hydroxylation sites is 2. The average molecular weight is 340 g/mol. The van der Waals surface area contributed by atoms with E-state index >= 15 is 0 Å². The van der Waals surface area contributed by atoms with E-state index in [0.717, 1.165) is 19.4 Å². The zero-order valence-corrected chi connectivity index (χ0v) is 14.5. The Morgan fingerprint density at radius 3 is 2.68 bits per heavy atom. The molecular formula is C20H24N2O3. The van der Waals surface area contributed by atoms with E-state index in [1.807, 2.05) is 41.3 Å². The predicted molar refractivity (Wildman–Crippen MR) is 98.0 cm³/mol. The van der Waals surface area contributed by atoms with Crippen LogP contribution in [0.4, 0.5) is 10.5 Å². The number of carbonyl (C=O) groups excluding carboxylic acids is 1. The highest BCUT2D eigenvalue weighted by molar-refractivity contribution is 5.91. The summed E-state index contributed by atoms with van der Waals surface area (Å²) in [5, 5.41) is 2.98. The van der Waals surface area contributed by atoms with E-state index in [9.17, 15) is 4.79 Å². The Morgan fingerprint density at radius 2 is 1.84 bits per heavy atom. The molecular weight excluding hydrogens is 316 g/mol. The molecule has 1 N–H and O–H groups in total. The molecule has 0 radical (unpaired) electrons. The molecule has 3 rings (SSSR count). The van der Waals surface area contributed by atoms with Gasteiger partial charge in [0, 0.05) is 33.2 Å². The third-order valence-electron chi connectivity index (χ3n) is 4.30. The lowest BCUT2D eigenvalue weighted by Gasteiger charge is -2.29. The molecule has 1 aliphatic heterocycles. The lowest BCUT2D eigenvalue weighted by Crippen LogP contribution is -2.38. The molecule has 132 valence electrons. The molecule has 0 fully saturated rings. The summed E-state index contributed by atoms with van der Waals surface area (Å²) in [4.78, 5) is 14.5. The number of methoxy groups -OCH3 is 1. The number of benzene rings is 2. The van der Waals surface area contributed by atoms with Crippen LogP contribution in [0.1, 0.15) is 17.5 Å². The lowest BCUT2D eigenvalue weighted by atomic mass is 10.0. The maximum atomic E-state index is 12.6. The van der Waals surface area contributed by atoms with Gasteiger partial charge in [-0.1, -0.05) is 36.4 Å². The fourth-order valence-electron chi connectivity index (χ4n) is 2.94. The largest absolute Gasteiger partial charge is 0.491 e. The molecule has 0 saturated heterocycles. The zero-order valence-electron chi connectivity index (χ0n) is 14.5. The number of rotatable bonds is 6. The van der Waals surface area contributed by atoms with E-state index in [4.69, 9.17) is 9.47 Å². The van der Waals surface area contributed by atoms with Gasteiger partial charge in [-0.3, -0.25) is 0 Å². The third kappa shape index (κ3) is 4.51. The number of anilines is 1. The topological polar surface area (TPSA) is 50.8 Å². The zero-order chi connectivity index (χ0) is 17.5. The fraction of sp³-hybridized carbons (Fsp3) is 0.350. The van der Waals surface area contributed by atoms with Gasteiger partial charge in [-0.15, -0.1) is 0 Å². The number of fused-ring (bicyclic) bond motifs is 1. The van der Waals surface area contributed by atoms with Gasteiger partial charge >= 0.3 is 6.03 Å². The smallest absolute Gasteiger partial charge is 0.322 e. The number of nitrogens with one attached hydrogen (secondary N) is 1. The molecule has 0 aliphatic carbocycles. The first-order chi connectivity index (χ1) is 12.3. The van der Waals surface area contributed by atoms with Gasteiger partial charge in [0.15, 0.2) is 0 Å². The average Bonchev–Trinajstić information content (AvgIpc) is 2.66. The van der Waals surface area contributed by atoms with Crippen molar-refractivity contribution in [1.29, 1.82) is 0 Å². The Hall–Kier alpha value is -2.53. The van der Waals surface area contributed by atoms with Gasteiger partial charge in [-0.2, -0.15) is 0 Å². The molecule has 0 unspecified atom stereocenters. The van der Waals surface area contributed by atoms with Crippen molar-refractivity contribution < 1.29 is 14.3 Å². The predicted octanol–water partition coefficient (Wildman–Crippen LogP) is 3.69. The number of ether oxygens (including phenoxy) is 2. The highest BCUT2D eigenvalue weighted by Crippen LogP contribution is 2.25. The number of hydrogen-bond donors (Lipinski definition) is 1. The number of carbonyl (C=O) groups is 1. The molecule has 0 atom stereocenters. The fourth-order valence-corrected chi connectivity index (χ4v) is 2.94. The summed E-state index contributed by atoms with van der Waals surface area (Å²) in [6.07, 6.45) is 1.69. The van der Waals surface area contributed by atoms with E-state index in [1.165, 1.54) is 11.1 Å². The minimum Gasteiger partial charge on any atom is -0.491 e. The van der Waals surface area contributed by atoms with Gasteiger partial charge in [-0.05, 0) is 29.7 Å². The first-order valence-electron chi connectivity index (χ1n) is 8.61. The maximum absolute atomic E-state index is 12.6. The van der Waals surface area contributed by atoms with Crippen molar-refractivity contribution in [3.05, 3.63) is 59.7 Å². The van der Waals surface area contributed by atoms with Crippen LogP contribution in [0, 0.1) is 0 Å². The molecule has 2 aromatic rings. The Balaban J connectivity index is 1.62. The summed E-state index contributed by atoms with van der Waals surface area (Å²) in [7, 11) is 1.67. The van der Waals surface area contributed by atoms with Crippen molar-refractivity contribution in [3.8, 4) is 5.75 Å². The van der Waals surface area contributed by atoms with Crippen LogP contribution < -0.4 is 10.1 Å². The molecule has 0 aromatic heterocycles. The molecule has 25 heavy (non-hydrogen) atoms. The van der Waals surface area contributed by atoms with Gasteiger partial charge in [0.1, 0.15) is 5.75 Å². The summed E-state index contributed by atoms with van der Waals surface area (Å²) in [5.74, 6) is 0.685. The first-order valence-corrected chi connectivity index (χ1v) is 8.61. The second-order valence-electron chi connectivity index (χ2n) is 6.06. The molecule has 2 aromatic carbocycles. The van der Waals surface area contributed by atoms with E-state index in [0.29, 0.717) is 31.2 Å². The van der Waals surface area contributed by atoms with E-state index in [2.05, 4.69) is 17.4 Å². The van der Waals surface area contributed by atoms with Crippen LogP contribution in [-0.2, 0) is 17.7 Å². The minimum absolute atomic E-state index is 0.0950. The summed E-state index contributed by atoms with van der Waals surface area (Å²) in [5.41, 5.74) is 3.24. The van der Waals surface area contributed by atoms with Gasteiger partial charge in [-0.25, -0.2) is 4.79 Å². The second-order valence-corrected chi connectivity index (χ2v) is 6.06. The van der Waals surface area contributed by atoms with Crippen LogP contribution >= 0.6 is 0 Å². The molecule has 0 bridgehead atoms. The van der Waals surface area contributed by atoms with Crippen LogP contribution in [-0.4, -0.2) is 37.8 Å². The Labute approximate surface area is 148 Å². The van der Waals surface area contributed by atoms with E-state index < -0.39 is 0 Å². The number of hydrogen-bond acceptors (Lipinski definition) is 3. The van der Waals surface area contributed by atoms with Crippen LogP contribution in [0.5, 0.6) is 5.75 Å². The van der Waals surface area contributed by atoms with Crippen molar-refractivity contribution in [1.82, 2.24) is 4.90 Å². The van der Waals surface area contributed by atoms with Crippen LogP contribution in [0.15, 0.2) is 48.5 Å². The minimum atomic E-state index is -0.0950. The third-order valence-corrected chi connectivity index (χ3v) is 4.30. The second kappa shape index (κ2) is 8.53. The number of nitrogens with zero attached hydrogens (tertiary/aromatic N) is 1. The van der Waals surface area contributed by atoms with Crippen molar-refractivity contribution in [2.45, 2.75) is 19.4 Å². The van der Waals surface area contributed by atoms with Gasteiger partial charge < -0.3 is 19.7 Å². The highest BCUT2D eigenvalue weighted by Gasteiger charge is 2.21. The van der Waals surface area contributed by atoms with Crippen LogP contribution in [0.3, 0.4) is 0 Å². The van der Waals surface area contributed by atoms with Crippen molar-refractivity contribution in [3.63, 3.8) is 0 Å². The SMILES string of the molecule is COCCCOc1ccccc1NC(=O)N1CCc2ccccc2C1. The molecule has 1 aliphatic rings. The summed E-state index contributed by atoms with van der Waals surface area (Å²) < 4.78 is 10.8. The maximum Gasteiger partial charge on any atom is 0.322 e. The van der Waals surface area contributed by atoms with E-state index in [-0.39, 0.29) is 6.03 Å². The molecule has 2 amide bonds. The molecule has 5 nitrogen and oxygen atoms in total. The van der Waals surface area contributed by atoms with E-state index in [1.54, 1.807) is 7.11 Å². The van der Waals surface area contributed by atoms with Crippen LogP contribution in [0.25, 0.3) is 0 Å². The van der Waals surface area contributed by atoms with Gasteiger partial charge in [0.2, 0.25) is 0 Å². The summed E-state index contributed by atoms with van der Waals surface area (Å²) in [6, 6.07) is 15.7. The van der Waals surface area contributed by atoms with Gasteiger partial charge in [0.05, 0.1) is 12.3 Å². The number of urea groups is 1. The summed E-state index contributed by atoms with van der Waals surface area (Å²) >= 11 is 0. The standard InChI is InChI=1S/C20H24N2O3/c1-24-13-6-14-25-19-10-5-4-9-18(19)21-20(23)22-12-11-16-7-2-3-8-17(16)15-22/h2-5,7-10H,6,11-15H2,1H3,(H,21,23). The van der Waals surface area contributed by atoms with Crippen molar-refractivity contribution in [2.75, 3.05) is 32.2 Å². The highest BCUT2D eigenvalue weighted by atomic mass is 16.5. The normalized spacial score (nSPS) is 13.2. The molecule has 1 heterocycles. The molecule has 5 heteroatoms. The molecule has 0 spiro atoms. The Bertz CT molecular complexity index is 718. The van der Waals surface area contributed by atoms with Crippen molar-refractivity contribution in [2.24, 2.45) is 0 Å². The monoisotopic (exact) mass is 340 g/mol. The number of amides is 2. The van der Waals surface area contributed by atoms with Crippen LogP contribution in [0.2, 0.25) is 0 Å². The Kier molecular flexibility index (Phi) is 5.90. The first kappa shape index (κ1) is 17.3. The lowest BCUT2D eigenvalue weighted by molar-refractivity contribution is 0.172. The summed E-state index contributed by atoms with van der Waals surface area (Å²) in [6.45, 7) is 2.57. The quantitative estimate of drug-likeness (QED) is 0.816. The molecule has 0 saturated carbocycles. The Morgan fingerprint density at radius 1 is 1.08 bits per heavy atom.